The number of nitrogen functional groups attached to an aromatic ring is 1. The lowest BCUT2D eigenvalue weighted by Crippen LogP contribution is -1.91. The Labute approximate surface area is 117 Å². The van der Waals surface area contributed by atoms with Gasteiger partial charge in [-0.2, -0.15) is 0 Å². The summed E-state index contributed by atoms with van der Waals surface area (Å²) in [5.74, 6) is 1.47. The van der Waals surface area contributed by atoms with Gasteiger partial charge in [-0.1, -0.05) is 6.92 Å². The van der Waals surface area contributed by atoms with Gasteiger partial charge < -0.3 is 15.2 Å². The first-order chi connectivity index (χ1) is 9.17. The molecule has 0 spiro atoms. The number of thiazole rings is 1. The van der Waals surface area contributed by atoms with E-state index in [2.05, 4.69) is 11.9 Å². The zero-order chi connectivity index (χ0) is 13.8. The predicted molar refractivity (Wildman–Crippen MR) is 79.1 cm³/mol. The Hall–Kier alpha value is -1.75. The topological polar surface area (TPSA) is 57.4 Å². The van der Waals surface area contributed by atoms with E-state index < -0.39 is 0 Å². The lowest BCUT2D eigenvalue weighted by atomic mass is 10.1. The van der Waals surface area contributed by atoms with Gasteiger partial charge in [-0.15, -0.1) is 11.3 Å². The Balaban J connectivity index is 2.45. The van der Waals surface area contributed by atoms with E-state index in [4.69, 9.17) is 15.2 Å². The Kier molecular flexibility index (Phi) is 4.27. The summed E-state index contributed by atoms with van der Waals surface area (Å²) in [5, 5.41) is 1.80. The fourth-order valence-electron chi connectivity index (χ4n) is 1.85. The van der Waals surface area contributed by atoms with Gasteiger partial charge in [0.1, 0.15) is 22.2 Å². The largest absolute Gasteiger partial charge is 0.497 e. The Bertz CT molecular complexity index is 544. The number of benzene rings is 1. The number of methoxy groups -OCH3 is 2. The van der Waals surface area contributed by atoms with Crippen LogP contribution in [0.1, 0.15) is 18.4 Å². The SMILES string of the molecule is CCCc1nc(-c2cc(OC)cc(OC)c2)c(N)s1. The summed E-state index contributed by atoms with van der Waals surface area (Å²) in [5.41, 5.74) is 7.80. The van der Waals surface area contributed by atoms with Crippen LogP contribution < -0.4 is 15.2 Å². The number of nitrogens with zero attached hydrogens (tertiary/aromatic N) is 1. The smallest absolute Gasteiger partial charge is 0.123 e. The molecular formula is C14H18N2O2S. The van der Waals surface area contributed by atoms with E-state index in [9.17, 15) is 0 Å². The summed E-state index contributed by atoms with van der Waals surface area (Å²) in [4.78, 5) is 4.60. The minimum Gasteiger partial charge on any atom is -0.497 e. The quantitative estimate of drug-likeness (QED) is 0.911. The lowest BCUT2D eigenvalue weighted by molar-refractivity contribution is 0.394. The van der Waals surface area contributed by atoms with Crippen molar-refractivity contribution in [2.75, 3.05) is 20.0 Å². The molecule has 0 atom stereocenters. The molecule has 1 aromatic carbocycles. The maximum absolute atomic E-state index is 6.06. The first kappa shape index (κ1) is 13.7. The van der Waals surface area contributed by atoms with Crippen molar-refractivity contribution >= 4 is 16.3 Å². The van der Waals surface area contributed by atoms with Crippen LogP contribution >= 0.6 is 11.3 Å². The van der Waals surface area contributed by atoms with Gasteiger partial charge in [0.15, 0.2) is 0 Å². The molecule has 19 heavy (non-hydrogen) atoms. The van der Waals surface area contributed by atoms with Gasteiger partial charge in [0.25, 0.3) is 0 Å². The molecule has 4 nitrogen and oxygen atoms in total. The Morgan fingerprint density at radius 3 is 2.32 bits per heavy atom. The highest BCUT2D eigenvalue weighted by atomic mass is 32.1. The molecule has 0 radical (unpaired) electrons. The number of aromatic nitrogens is 1. The van der Waals surface area contributed by atoms with Crippen molar-refractivity contribution in [3.05, 3.63) is 23.2 Å². The maximum Gasteiger partial charge on any atom is 0.123 e. The number of hydrogen-bond donors (Lipinski definition) is 1. The highest BCUT2D eigenvalue weighted by Gasteiger charge is 2.12. The second-order valence-electron chi connectivity index (χ2n) is 4.17. The maximum atomic E-state index is 6.06. The molecule has 1 heterocycles. The molecule has 2 N–H and O–H groups in total. The van der Waals surface area contributed by atoms with Gasteiger partial charge in [-0.3, -0.25) is 0 Å². The minimum atomic E-state index is 0.735. The monoisotopic (exact) mass is 278 g/mol. The summed E-state index contributed by atoms with van der Waals surface area (Å²) in [6.45, 7) is 2.13. The average molecular weight is 278 g/mol. The molecule has 5 heteroatoms. The molecule has 0 bridgehead atoms. The van der Waals surface area contributed by atoms with E-state index >= 15 is 0 Å². The molecule has 2 rings (SSSR count). The molecule has 0 amide bonds. The predicted octanol–water partition coefficient (Wildman–Crippen LogP) is 3.36. The fourth-order valence-corrected chi connectivity index (χ4v) is 2.81. The van der Waals surface area contributed by atoms with Gasteiger partial charge in [0.2, 0.25) is 0 Å². The van der Waals surface area contributed by atoms with Crippen LogP contribution in [0, 0.1) is 0 Å². The van der Waals surface area contributed by atoms with Crippen LogP contribution in [-0.2, 0) is 6.42 Å². The number of ether oxygens (including phenoxy) is 2. The van der Waals surface area contributed by atoms with Crippen molar-refractivity contribution in [3.8, 4) is 22.8 Å². The number of aryl methyl sites for hydroxylation is 1. The number of rotatable bonds is 5. The summed E-state index contributed by atoms with van der Waals surface area (Å²) in [6.07, 6.45) is 2.02. The Morgan fingerprint density at radius 2 is 1.79 bits per heavy atom. The molecule has 0 saturated carbocycles. The van der Waals surface area contributed by atoms with Crippen LogP contribution in [-0.4, -0.2) is 19.2 Å². The molecule has 102 valence electrons. The van der Waals surface area contributed by atoms with Gasteiger partial charge in [-0.25, -0.2) is 4.98 Å². The molecule has 0 aliphatic carbocycles. The van der Waals surface area contributed by atoms with Crippen molar-refractivity contribution in [3.63, 3.8) is 0 Å². The molecule has 0 saturated heterocycles. The Morgan fingerprint density at radius 1 is 1.16 bits per heavy atom. The molecule has 0 aliphatic heterocycles. The van der Waals surface area contributed by atoms with Crippen molar-refractivity contribution in [1.29, 1.82) is 0 Å². The van der Waals surface area contributed by atoms with Crippen LogP contribution in [0.15, 0.2) is 18.2 Å². The molecule has 0 fully saturated rings. The van der Waals surface area contributed by atoms with E-state index in [0.29, 0.717) is 0 Å². The van der Waals surface area contributed by atoms with Crippen LogP contribution in [0.4, 0.5) is 5.00 Å². The number of nitrogens with two attached hydrogens (primary N) is 1. The van der Waals surface area contributed by atoms with E-state index in [-0.39, 0.29) is 0 Å². The normalized spacial score (nSPS) is 10.5. The third-order valence-electron chi connectivity index (χ3n) is 2.79. The number of anilines is 1. The second-order valence-corrected chi connectivity index (χ2v) is 5.29. The van der Waals surface area contributed by atoms with Crippen molar-refractivity contribution in [2.45, 2.75) is 19.8 Å². The molecule has 0 aliphatic rings. The van der Waals surface area contributed by atoms with Crippen molar-refractivity contribution in [1.82, 2.24) is 4.98 Å². The summed E-state index contributed by atoms with van der Waals surface area (Å²) >= 11 is 1.55. The van der Waals surface area contributed by atoms with Crippen LogP contribution in [0.25, 0.3) is 11.3 Å². The zero-order valence-electron chi connectivity index (χ0n) is 11.4. The molecule has 0 unspecified atom stereocenters. The van der Waals surface area contributed by atoms with E-state index in [1.54, 1.807) is 25.6 Å². The van der Waals surface area contributed by atoms with Gasteiger partial charge >= 0.3 is 0 Å². The summed E-state index contributed by atoms with van der Waals surface area (Å²) in [6, 6.07) is 5.67. The van der Waals surface area contributed by atoms with Gasteiger partial charge in [0, 0.05) is 11.6 Å². The zero-order valence-corrected chi connectivity index (χ0v) is 12.2. The highest BCUT2D eigenvalue weighted by molar-refractivity contribution is 7.16. The molecule has 1 aromatic heterocycles. The third-order valence-corrected chi connectivity index (χ3v) is 3.73. The first-order valence-electron chi connectivity index (χ1n) is 6.16. The molecular weight excluding hydrogens is 260 g/mol. The fraction of sp³-hybridized carbons (Fsp3) is 0.357. The standard InChI is InChI=1S/C14H18N2O2S/c1-4-5-12-16-13(14(15)19-12)9-6-10(17-2)8-11(7-9)18-3/h6-8H,4-5,15H2,1-3H3. The van der Waals surface area contributed by atoms with E-state index in [0.717, 1.165) is 45.6 Å². The van der Waals surface area contributed by atoms with Crippen LogP contribution in [0.2, 0.25) is 0 Å². The minimum absolute atomic E-state index is 0.735. The summed E-state index contributed by atoms with van der Waals surface area (Å²) in [7, 11) is 3.26. The average Bonchev–Trinajstić information content (AvgIpc) is 2.79. The lowest BCUT2D eigenvalue weighted by Gasteiger charge is -2.07. The van der Waals surface area contributed by atoms with Gasteiger partial charge in [-0.05, 0) is 25.0 Å². The van der Waals surface area contributed by atoms with Crippen molar-refractivity contribution in [2.24, 2.45) is 0 Å². The van der Waals surface area contributed by atoms with E-state index in [1.807, 2.05) is 18.2 Å². The van der Waals surface area contributed by atoms with Crippen molar-refractivity contribution < 1.29 is 9.47 Å². The number of hydrogen-bond acceptors (Lipinski definition) is 5. The van der Waals surface area contributed by atoms with E-state index in [1.165, 1.54) is 0 Å². The van der Waals surface area contributed by atoms with Crippen LogP contribution in [0.3, 0.4) is 0 Å². The van der Waals surface area contributed by atoms with Crippen LogP contribution in [0.5, 0.6) is 11.5 Å². The third kappa shape index (κ3) is 2.98. The first-order valence-corrected chi connectivity index (χ1v) is 6.98. The van der Waals surface area contributed by atoms with Gasteiger partial charge in [0.05, 0.1) is 19.2 Å². The summed E-state index contributed by atoms with van der Waals surface area (Å²) < 4.78 is 10.5. The second kappa shape index (κ2) is 5.93. The highest BCUT2D eigenvalue weighted by Crippen LogP contribution is 2.35. The molecule has 2 aromatic rings.